The number of hydrogen-bond acceptors (Lipinski definition) is 4. The lowest BCUT2D eigenvalue weighted by atomic mass is 10.4. The first-order valence-electron chi connectivity index (χ1n) is 5.16. The van der Waals surface area contributed by atoms with Gasteiger partial charge >= 0.3 is 6.02 Å². The van der Waals surface area contributed by atoms with Crippen molar-refractivity contribution >= 4 is 17.2 Å². The molecule has 90 valence electrons. The summed E-state index contributed by atoms with van der Waals surface area (Å²) >= 11 is 0. The van der Waals surface area contributed by atoms with Crippen LogP contribution in [0.1, 0.15) is 0 Å². The molecule has 17 heavy (non-hydrogen) atoms. The van der Waals surface area contributed by atoms with Crippen molar-refractivity contribution in [3.8, 4) is 0 Å². The summed E-state index contributed by atoms with van der Waals surface area (Å²) in [7, 11) is 7.54. The van der Waals surface area contributed by atoms with Crippen molar-refractivity contribution in [1.82, 2.24) is 25.0 Å². The van der Waals surface area contributed by atoms with Gasteiger partial charge in [-0.25, -0.2) is 14.5 Å². The van der Waals surface area contributed by atoms with Crippen molar-refractivity contribution in [3.05, 3.63) is 18.3 Å². The third-order valence-corrected chi connectivity index (χ3v) is 2.07. The summed E-state index contributed by atoms with van der Waals surface area (Å²) in [6, 6.07) is 4.27. The average Bonchev–Trinajstić information content (AvgIpc) is 2.67. The smallest absolute Gasteiger partial charge is 0.262 e. The molecule has 0 aliphatic heterocycles. The van der Waals surface area contributed by atoms with Gasteiger partial charge in [-0.05, 0) is 12.1 Å². The SMILES string of the molecule is CN(C)C(On1nc2cccnc2n1)=[N+](C)C. The van der Waals surface area contributed by atoms with Crippen LogP contribution in [0.25, 0.3) is 11.2 Å². The predicted molar refractivity (Wildman–Crippen MR) is 62.7 cm³/mol. The normalized spacial score (nSPS) is 10.4. The Morgan fingerprint density at radius 2 is 2.12 bits per heavy atom. The molecule has 2 rings (SSSR count). The summed E-state index contributed by atoms with van der Waals surface area (Å²) in [4.78, 5) is 12.6. The molecule has 0 radical (unpaired) electrons. The minimum atomic E-state index is 0.560. The topological polar surface area (TPSA) is 59.1 Å². The third-order valence-electron chi connectivity index (χ3n) is 2.07. The van der Waals surface area contributed by atoms with E-state index in [4.69, 9.17) is 4.84 Å². The summed E-state index contributed by atoms with van der Waals surface area (Å²) in [6.45, 7) is 0. The van der Waals surface area contributed by atoms with Crippen LogP contribution in [-0.2, 0) is 0 Å². The van der Waals surface area contributed by atoms with Gasteiger partial charge in [-0.2, -0.15) is 0 Å². The molecule has 0 unspecified atom stereocenters. The molecule has 2 heterocycles. The largest absolute Gasteiger partial charge is 0.473 e. The van der Waals surface area contributed by atoms with Crippen molar-refractivity contribution in [2.24, 2.45) is 0 Å². The lowest BCUT2D eigenvalue weighted by molar-refractivity contribution is -0.481. The predicted octanol–water partition coefficient (Wildman–Crippen LogP) is -0.555. The lowest BCUT2D eigenvalue weighted by Gasteiger charge is -2.08. The molecular formula is C10H15N6O+. The fraction of sp³-hybridized carbons (Fsp3) is 0.400. The van der Waals surface area contributed by atoms with Gasteiger partial charge in [0.15, 0.2) is 0 Å². The molecular weight excluding hydrogens is 220 g/mol. The Labute approximate surface area is 98.9 Å². The highest BCUT2D eigenvalue weighted by molar-refractivity contribution is 5.69. The Morgan fingerprint density at radius 3 is 2.71 bits per heavy atom. The van der Waals surface area contributed by atoms with Gasteiger partial charge in [-0.3, -0.25) is 4.84 Å². The molecule has 2 aromatic heterocycles. The maximum absolute atomic E-state index is 5.55. The van der Waals surface area contributed by atoms with Gasteiger partial charge in [0, 0.05) is 11.2 Å². The van der Waals surface area contributed by atoms with E-state index < -0.39 is 0 Å². The van der Waals surface area contributed by atoms with E-state index in [1.165, 1.54) is 4.96 Å². The first-order valence-corrected chi connectivity index (χ1v) is 5.16. The van der Waals surface area contributed by atoms with Crippen LogP contribution in [0.2, 0.25) is 0 Å². The number of rotatable bonds is 1. The average molecular weight is 235 g/mol. The van der Waals surface area contributed by atoms with Gasteiger partial charge in [0.2, 0.25) is 5.65 Å². The van der Waals surface area contributed by atoms with Crippen LogP contribution in [0.15, 0.2) is 18.3 Å². The summed E-state index contributed by atoms with van der Waals surface area (Å²) in [5.74, 6) is 0. The highest BCUT2D eigenvalue weighted by Crippen LogP contribution is 2.02. The van der Waals surface area contributed by atoms with E-state index in [0.717, 1.165) is 0 Å². The summed E-state index contributed by atoms with van der Waals surface area (Å²) in [6.07, 6.45) is 1.67. The Bertz CT molecular complexity index is 522. The number of hydrogen-bond donors (Lipinski definition) is 0. The third kappa shape index (κ3) is 2.32. The molecule has 0 aliphatic carbocycles. The van der Waals surface area contributed by atoms with Crippen LogP contribution in [0, 0.1) is 0 Å². The molecule has 0 atom stereocenters. The lowest BCUT2D eigenvalue weighted by Crippen LogP contribution is -2.39. The number of fused-ring (bicyclic) bond motifs is 1. The Kier molecular flexibility index (Phi) is 2.90. The van der Waals surface area contributed by atoms with Crippen molar-refractivity contribution in [2.45, 2.75) is 0 Å². The Hall–Kier alpha value is -2.18. The van der Waals surface area contributed by atoms with E-state index in [1.54, 1.807) is 6.20 Å². The Morgan fingerprint density at radius 1 is 1.35 bits per heavy atom. The van der Waals surface area contributed by atoms with Gasteiger partial charge in [0.25, 0.3) is 0 Å². The van der Waals surface area contributed by atoms with Crippen LogP contribution in [0.5, 0.6) is 0 Å². The van der Waals surface area contributed by atoms with Gasteiger partial charge in [-0.15, -0.1) is 5.10 Å². The molecule has 0 saturated carbocycles. The highest BCUT2D eigenvalue weighted by Gasteiger charge is 2.16. The van der Waals surface area contributed by atoms with E-state index in [1.807, 2.05) is 49.8 Å². The number of pyridine rings is 1. The molecule has 0 aliphatic rings. The quantitative estimate of drug-likeness (QED) is 0.377. The first kappa shape index (κ1) is 11.3. The standard InChI is InChI=1S/C10H15N6O/c1-14(2)10(15(3)4)17-16-12-8-6-5-7-11-9(8)13-16/h5-7H,1-4H3/q+1. The molecule has 0 aromatic carbocycles. The fourth-order valence-corrected chi connectivity index (χ4v) is 1.42. The minimum absolute atomic E-state index is 0.560. The molecule has 7 heteroatoms. The number of amidine groups is 1. The van der Waals surface area contributed by atoms with Gasteiger partial charge in [-0.1, -0.05) is 5.10 Å². The van der Waals surface area contributed by atoms with Crippen LogP contribution in [-0.4, -0.2) is 63.8 Å². The van der Waals surface area contributed by atoms with Crippen LogP contribution in [0.3, 0.4) is 0 Å². The van der Waals surface area contributed by atoms with Crippen LogP contribution in [0.4, 0.5) is 0 Å². The minimum Gasteiger partial charge on any atom is -0.262 e. The van der Waals surface area contributed by atoms with Crippen LogP contribution < -0.4 is 4.84 Å². The number of nitrogens with zero attached hydrogens (tertiary/aromatic N) is 6. The fourth-order valence-electron chi connectivity index (χ4n) is 1.42. The van der Waals surface area contributed by atoms with Crippen molar-refractivity contribution < 1.29 is 9.41 Å². The molecule has 0 spiro atoms. The zero-order valence-corrected chi connectivity index (χ0v) is 10.3. The number of aromatic nitrogens is 4. The Balaban J connectivity index is 2.32. The first-order chi connectivity index (χ1) is 8.08. The van der Waals surface area contributed by atoms with Crippen molar-refractivity contribution in [3.63, 3.8) is 0 Å². The van der Waals surface area contributed by atoms with Crippen molar-refractivity contribution in [2.75, 3.05) is 28.2 Å². The zero-order chi connectivity index (χ0) is 12.4. The molecule has 0 bridgehead atoms. The second-order valence-electron chi connectivity index (χ2n) is 3.96. The second-order valence-corrected chi connectivity index (χ2v) is 3.96. The van der Waals surface area contributed by atoms with E-state index >= 15 is 0 Å². The molecule has 0 saturated heterocycles. The monoisotopic (exact) mass is 235 g/mol. The molecule has 0 N–H and O–H groups in total. The van der Waals surface area contributed by atoms with Gasteiger partial charge < -0.3 is 0 Å². The van der Waals surface area contributed by atoms with Crippen molar-refractivity contribution in [1.29, 1.82) is 0 Å². The van der Waals surface area contributed by atoms with Gasteiger partial charge in [0.1, 0.15) is 5.52 Å². The molecule has 7 nitrogen and oxygen atoms in total. The maximum atomic E-state index is 5.55. The molecule has 2 aromatic rings. The highest BCUT2D eigenvalue weighted by atomic mass is 16.7. The maximum Gasteiger partial charge on any atom is 0.473 e. The van der Waals surface area contributed by atoms with E-state index in [-0.39, 0.29) is 0 Å². The summed E-state index contributed by atoms with van der Waals surface area (Å²) in [5, 5.41) is 8.28. The van der Waals surface area contributed by atoms with E-state index in [9.17, 15) is 0 Å². The molecule has 0 fully saturated rings. The molecule has 0 amide bonds. The van der Waals surface area contributed by atoms with E-state index in [0.29, 0.717) is 17.2 Å². The van der Waals surface area contributed by atoms with Crippen LogP contribution >= 0.6 is 0 Å². The van der Waals surface area contributed by atoms with Gasteiger partial charge in [0.05, 0.1) is 28.2 Å². The van der Waals surface area contributed by atoms with E-state index in [2.05, 4.69) is 15.2 Å². The summed E-state index contributed by atoms with van der Waals surface area (Å²) < 4.78 is 1.83. The summed E-state index contributed by atoms with van der Waals surface area (Å²) in [5.41, 5.74) is 1.26. The second kappa shape index (κ2) is 4.36. The zero-order valence-electron chi connectivity index (χ0n) is 10.3.